The first-order valence-electron chi connectivity index (χ1n) is 8.94. The number of aryl methyl sites for hydroxylation is 2. The number of benzene rings is 3. The molecular formula is C22H22N2O4S. The van der Waals surface area contributed by atoms with E-state index in [0.717, 1.165) is 5.56 Å². The van der Waals surface area contributed by atoms with Crippen LogP contribution in [-0.4, -0.2) is 21.4 Å². The fourth-order valence-corrected chi connectivity index (χ4v) is 4.15. The first-order chi connectivity index (χ1) is 13.8. The van der Waals surface area contributed by atoms with Crippen molar-refractivity contribution in [1.29, 1.82) is 0 Å². The highest BCUT2D eigenvalue weighted by atomic mass is 32.2. The lowest BCUT2D eigenvalue weighted by Gasteiger charge is -2.13. The maximum Gasteiger partial charge on any atom is 0.262 e. The Morgan fingerprint density at radius 2 is 1.62 bits per heavy atom. The quantitative estimate of drug-likeness (QED) is 0.632. The molecule has 29 heavy (non-hydrogen) atoms. The van der Waals surface area contributed by atoms with Crippen LogP contribution in [0.1, 0.15) is 21.5 Å². The van der Waals surface area contributed by atoms with Crippen LogP contribution in [0.4, 0.5) is 11.4 Å². The second-order valence-corrected chi connectivity index (χ2v) is 8.29. The topological polar surface area (TPSA) is 84.5 Å². The van der Waals surface area contributed by atoms with E-state index in [1.165, 1.54) is 6.07 Å². The highest BCUT2D eigenvalue weighted by Crippen LogP contribution is 2.24. The molecule has 3 aromatic carbocycles. The molecule has 0 aliphatic carbocycles. The average Bonchev–Trinajstić information content (AvgIpc) is 2.69. The van der Waals surface area contributed by atoms with E-state index in [4.69, 9.17) is 4.74 Å². The molecule has 0 spiro atoms. The van der Waals surface area contributed by atoms with Crippen molar-refractivity contribution in [3.8, 4) is 5.75 Å². The van der Waals surface area contributed by atoms with Crippen LogP contribution in [-0.2, 0) is 10.0 Å². The van der Waals surface area contributed by atoms with Crippen molar-refractivity contribution in [1.82, 2.24) is 0 Å². The molecule has 2 N–H and O–H groups in total. The lowest BCUT2D eigenvalue weighted by molar-refractivity contribution is 0.102. The van der Waals surface area contributed by atoms with Crippen molar-refractivity contribution in [3.63, 3.8) is 0 Å². The number of rotatable bonds is 6. The van der Waals surface area contributed by atoms with E-state index < -0.39 is 10.0 Å². The fourth-order valence-electron chi connectivity index (χ4n) is 2.83. The second kappa shape index (κ2) is 8.36. The predicted octanol–water partition coefficient (Wildman–Crippen LogP) is 4.37. The van der Waals surface area contributed by atoms with Gasteiger partial charge in [0.15, 0.2) is 0 Å². The van der Waals surface area contributed by atoms with Crippen molar-refractivity contribution in [2.24, 2.45) is 0 Å². The Labute approximate surface area is 170 Å². The summed E-state index contributed by atoms with van der Waals surface area (Å²) in [4.78, 5) is 12.6. The van der Waals surface area contributed by atoms with E-state index in [-0.39, 0.29) is 10.8 Å². The summed E-state index contributed by atoms with van der Waals surface area (Å²) in [5, 5.41) is 2.74. The molecule has 3 rings (SSSR count). The number of anilines is 2. The Bertz CT molecular complexity index is 1140. The number of carbonyl (C=O) groups excluding carboxylic acids is 1. The zero-order valence-electron chi connectivity index (χ0n) is 16.4. The van der Waals surface area contributed by atoms with Crippen molar-refractivity contribution in [2.75, 3.05) is 17.1 Å². The smallest absolute Gasteiger partial charge is 0.262 e. The van der Waals surface area contributed by atoms with Gasteiger partial charge < -0.3 is 10.1 Å². The zero-order valence-corrected chi connectivity index (χ0v) is 17.2. The van der Waals surface area contributed by atoms with Crippen LogP contribution in [0.25, 0.3) is 0 Å². The van der Waals surface area contributed by atoms with Crippen LogP contribution < -0.4 is 14.8 Å². The van der Waals surface area contributed by atoms with E-state index in [2.05, 4.69) is 10.0 Å². The molecule has 0 saturated carbocycles. The van der Waals surface area contributed by atoms with Gasteiger partial charge in [-0.15, -0.1) is 0 Å². The molecule has 7 heteroatoms. The highest BCUT2D eigenvalue weighted by Gasteiger charge is 2.18. The number of nitrogens with one attached hydrogen (secondary N) is 2. The van der Waals surface area contributed by atoms with Gasteiger partial charge in [0.25, 0.3) is 15.9 Å². The first-order valence-corrected chi connectivity index (χ1v) is 10.4. The summed E-state index contributed by atoms with van der Waals surface area (Å²) in [6.45, 7) is 3.60. The third kappa shape index (κ3) is 4.94. The van der Waals surface area contributed by atoms with Gasteiger partial charge in [0.1, 0.15) is 5.75 Å². The summed E-state index contributed by atoms with van der Waals surface area (Å²) in [6, 6.07) is 18.5. The first kappa shape index (κ1) is 20.4. The summed E-state index contributed by atoms with van der Waals surface area (Å²) in [5.41, 5.74) is 2.84. The maximum atomic E-state index is 12.9. The normalized spacial score (nSPS) is 11.0. The molecule has 0 saturated heterocycles. The van der Waals surface area contributed by atoms with Crippen LogP contribution in [0, 0.1) is 13.8 Å². The minimum absolute atomic E-state index is 0.103. The molecule has 0 aliphatic heterocycles. The van der Waals surface area contributed by atoms with Crippen LogP contribution in [0.5, 0.6) is 5.75 Å². The molecule has 0 unspecified atom stereocenters. The molecule has 0 aromatic heterocycles. The van der Waals surface area contributed by atoms with Gasteiger partial charge in [-0.3, -0.25) is 9.52 Å². The minimum atomic E-state index is -3.81. The third-order valence-electron chi connectivity index (χ3n) is 4.36. The monoisotopic (exact) mass is 410 g/mol. The SMILES string of the molecule is COc1ccc(C(=O)Nc2ccc(C)c(S(=O)(=O)Nc3cccc(C)c3)c2)cc1. The van der Waals surface area contributed by atoms with Gasteiger partial charge in [0.05, 0.1) is 12.0 Å². The van der Waals surface area contributed by atoms with Crippen molar-refractivity contribution < 1.29 is 17.9 Å². The van der Waals surface area contributed by atoms with Crippen LogP contribution in [0.15, 0.2) is 71.6 Å². The lowest BCUT2D eigenvalue weighted by Crippen LogP contribution is -2.16. The number of amides is 1. The van der Waals surface area contributed by atoms with Crippen molar-refractivity contribution >= 4 is 27.3 Å². The largest absolute Gasteiger partial charge is 0.497 e. The van der Waals surface area contributed by atoms with Crippen LogP contribution >= 0.6 is 0 Å². The van der Waals surface area contributed by atoms with Gasteiger partial charge in [0.2, 0.25) is 0 Å². The van der Waals surface area contributed by atoms with E-state index >= 15 is 0 Å². The molecule has 0 aliphatic rings. The number of hydrogen-bond donors (Lipinski definition) is 2. The van der Waals surface area contributed by atoms with Crippen LogP contribution in [0.3, 0.4) is 0 Å². The second-order valence-electron chi connectivity index (χ2n) is 6.64. The van der Waals surface area contributed by atoms with E-state index in [1.807, 2.05) is 13.0 Å². The molecule has 1 amide bonds. The average molecular weight is 410 g/mol. The van der Waals surface area contributed by atoms with E-state index in [9.17, 15) is 13.2 Å². The van der Waals surface area contributed by atoms with Crippen LogP contribution in [0.2, 0.25) is 0 Å². The standard InChI is InChI=1S/C22H22N2O4S/c1-15-5-4-6-19(13-15)24-29(26,27)21-14-18(10-7-16(21)2)23-22(25)17-8-11-20(28-3)12-9-17/h4-14,24H,1-3H3,(H,23,25). The van der Waals surface area contributed by atoms with E-state index in [1.54, 1.807) is 68.6 Å². The molecule has 3 aromatic rings. The number of methoxy groups -OCH3 is 1. The summed E-state index contributed by atoms with van der Waals surface area (Å²) in [5.74, 6) is 0.305. The number of carbonyl (C=O) groups is 1. The molecule has 6 nitrogen and oxygen atoms in total. The number of sulfonamides is 1. The van der Waals surface area contributed by atoms with Gasteiger partial charge in [-0.25, -0.2) is 8.42 Å². The Hall–Kier alpha value is -3.32. The highest BCUT2D eigenvalue weighted by molar-refractivity contribution is 7.92. The molecular weight excluding hydrogens is 388 g/mol. The molecule has 0 bridgehead atoms. The van der Waals surface area contributed by atoms with Gasteiger partial charge in [0, 0.05) is 16.9 Å². The number of hydrogen-bond acceptors (Lipinski definition) is 4. The number of ether oxygens (including phenoxy) is 1. The molecule has 0 atom stereocenters. The zero-order chi connectivity index (χ0) is 21.0. The van der Waals surface area contributed by atoms with Gasteiger partial charge in [-0.05, 0) is 73.5 Å². The minimum Gasteiger partial charge on any atom is -0.497 e. The van der Waals surface area contributed by atoms with Crippen molar-refractivity contribution in [3.05, 3.63) is 83.4 Å². The lowest BCUT2D eigenvalue weighted by atomic mass is 10.2. The summed E-state index contributed by atoms with van der Waals surface area (Å²) >= 11 is 0. The predicted molar refractivity (Wildman–Crippen MR) is 114 cm³/mol. The fraction of sp³-hybridized carbons (Fsp3) is 0.136. The Balaban J connectivity index is 1.84. The molecule has 0 heterocycles. The molecule has 0 radical (unpaired) electrons. The van der Waals surface area contributed by atoms with Crippen molar-refractivity contribution in [2.45, 2.75) is 18.7 Å². The Kier molecular flexibility index (Phi) is 5.89. The Morgan fingerprint density at radius 3 is 2.28 bits per heavy atom. The van der Waals surface area contributed by atoms with E-state index in [0.29, 0.717) is 28.3 Å². The van der Waals surface area contributed by atoms with Gasteiger partial charge >= 0.3 is 0 Å². The third-order valence-corrected chi connectivity index (χ3v) is 5.88. The molecule has 0 fully saturated rings. The van der Waals surface area contributed by atoms with Gasteiger partial charge in [-0.1, -0.05) is 18.2 Å². The summed E-state index contributed by atoms with van der Waals surface area (Å²) in [6.07, 6.45) is 0. The van der Waals surface area contributed by atoms with Gasteiger partial charge in [-0.2, -0.15) is 0 Å². The maximum absolute atomic E-state index is 12.9. The summed E-state index contributed by atoms with van der Waals surface area (Å²) < 4.78 is 33.4. The molecule has 150 valence electrons. The summed E-state index contributed by atoms with van der Waals surface area (Å²) in [7, 11) is -2.26. The Morgan fingerprint density at radius 1 is 0.897 bits per heavy atom.